The molecule has 0 radical (unpaired) electrons. The maximum absolute atomic E-state index is 12.3. The van der Waals surface area contributed by atoms with E-state index < -0.39 is 6.09 Å². The van der Waals surface area contributed by atoms with E-state index in [1.807, 2.05) is 0 Å². The minimum absolute atomic E-state index is 0.0913. The van der Waals surface area contributed by atoms with Gasteiger partial charge in [-0.25, -0.2) is 4.79 Å². The molecule has 1 aliphatic heterocycles. The first kappa shape index (κ1) is 19.5. The lowest BCUT2D eigenvalue weighted by atomic mass is 10.2. The maximum atomic E-state index is 12.3. The fraction of sp³-hybridized carbons (Fsp3) is 0.300. The fourth-order valence-electron chi connectivity index (χ4n) is 2.76. The third-order valence-electron chi connectivity index (χ3n) is 4.32. The van der Waals surface area contributed by atoms with Crippen molar-refractivity contribution in [3.8, 4) is 11.5 Å². The van der Waals surface area contributed by atoms with Crippen molar-refractivity contribution < 1.29 is 29.3 Å². The van der Waals surface area contributed by atoms with Gasteiger partial charge in [0.15, 0.2) is 0 Å². The molecule has 28 heavy (non-hydrogen) atoms. The standard InChI is InChI=1S/C20H22N2O6/c23-16-5-1-14(2-6-16)13-28-20(26)22-9-10-27-18(12-22)11-21-19(25)15-3-7-17(24)8-4-15/h1-8,18,23-24H,9-13H2,(H,21,25)/t18-/m1/s1. The molecule has 3 rings (SSSR count). The molecule has 0 unspecified atom stereocenters. The number of phenols is 2. The van der Waals surface area contributed by atoms with Gasteiger partial charge in [-0.2, -0.15) is 0 Å². The largest absolute Gasteiger partial charge is 0.508 e. The minimum Gasteiger partial charge on any atom is -0.508 e. The van der Waals surface area contributed by atoms with Crippen LogP contribution >= 0.6 is 0 Å². The van der Waals surface area contributed by atoms with Gasteiger partial charge in [0, 0.05) is 18.7 Å². The summed E-state index contributed by atoms with van der Waals surface area (Å²) in [6.07, 6.45) is -0.790. The molecule has 2 aromatic carbocycles. The summed E-state index contributed by atoms with van der Waals surface area (Å²) < 4.78 is 10.9. The number of hydrogen-bond acceptors (Lipinski definition) is 6. The van der Waals surface area contributed by atoms with E-state index in [-0.39, 0.29) is 36.7 Å². The SMILES string of the molecule is O=C(NC[C@@H]1CN(C(=O)OCc2ccc(O)cc2)CCO1)c1ccc(O)cc1. The molecule has 1 fully saturated rings. The van der Waals surface area contributed by atoms with Crippen LogP contribution in [-0.2, 0) is 16.1 Å². The molecule has 2 aromatic rings. The van der Waals surface area contributed by atoms with Gasteiger partial charge in [0.1, 0.15) is 18.1 Å². The monoisotopic (exact) mass is 386 g/mol. The first-order valence-corrected chi connectivity index (χ1v) is 8.90. The predicted octanol–water partition coefficient (Wildman–Crippen LogP) is 1.87. The van der Waals surface area contributed by atoms with E-state index in [2.05, 4.69) is 5.32 Å². The third kappa shape index (κ3) is 5.37. The lowest BCUT2D eigenvalue weighted by Gasteiger charge is -2.32. The van der Waals surface area contributed by atoms with Crippen LogP contribution in [0.4, 0.5) is 4.79 Å². The summed E-state index contributed by atoms with van der Waals surface area (Å²) in [6.45, 7) is 1.44. The van der Waals surface area contributed by atoms with E-state index in [4.69, 9.17) is 9.47 Å². The van der Waals surface area contributed by atoms with Gasteiger partial charge in [0.25, 0.3) is 5.91 Å². The molecule has 3 N–H and O–H groups in total. The summed E-state index contributed by atoms with van der Waals surface area (Å²) in [5.74, 6) is -0.0373. The second-order valence-electron chi connectivity index (χ2n) is 6.42. The number of amides is 2. The molecule has 1 saturated heterocycles. The Morgan fingerprint density at radius 3 is 2.39 bits per heavy atom. The van der Waals surface area contributed by atoms with E-state index in [1.165, 1.54) is 36.4 Å². The molecule has 0 bridgehead atoms. The highest BCUT2D eigenvalue weighted by atomic mass is 16.6. The van der Waals surface area contributed by atoms with Crippen LogP contribution in [0.15, 0.2) is 48.5 Å². The van der Waals surface area contributed by atoms with E-state index in [9.17, 15) is 19.8 Å². The zero-order valence-electron chi connectivity index (χ0n) is 15.2. The van der Waals surface area contributed by atoms with E-state index in [1.54, 1.807) is 17.0 Å². The van der Waals surface area contributed by atoms with Crippen molar-refractivity contribution >= 4 is 12.0 Å². The van der Waals surface area contributed by atoms with Crippen molar-refractivity contribution in [2.45, 2.75) is 12.7 Å². The number of aromatic hydroxyl groups is 2. The zero-order valence-corrected chi connectivity index (χ0v) is 15.2. The van der Waals surface area contributed by atoms with Gasteiger partial charge in [0.05, 0.1) is 19.3 Å². The zero-order chi connectivity index (χ0) is 19.9. The molecule has 0 aromatic heterocycles. The highest BCUT2D eigenvalue weighted by Crippen LogP contribution is 2.13. The summed E-state index contributed by atoms with van der Waals surface area (Å²) in [6, 6.07) is 12.4. The highest BCUT2D eigenvalue weighted by Gasteiger charge is 2.25. The highest BCUT2D eigenvalue weighted by molar-refractivity contribution is 5.94. The lowest BCUT2D eigenvalue weighted by Crippen LogP contribution is -2.49. The Kier molecular flexibility index (Phi) is 6.33. The third-order valence-corrected chi connectivity index (χ3v) is 4.32. The molecule has 8 heteroatoms. The Morgan fingerprint density at radius 1 is 1.07 bits per heavy atom. The van der Waals surface area contributed by atoms with Gasteiger partial charge in [-0.15, -0.1) is 0 Å². The molecular weight excluding hydrogens is 364 g/mol. The van der Waals surface area contributed by atoms with Crippen molar-refractivity contribution in [1.29, 1.82) is 0 Å². The molecule has 0 aliphatic carbocycles. The second kappa shape index (κ2) is 9.09. The van der Waals surface area contributed by atoms with Crippen LogP contribution in [-0.4, -0.2) is 59.5 Å². The van der Waals surface area contributed by atoms with Crippen LogP contribution in [0, 0.1) is 0 Å². The average molecular weight is 386 g/mol. The number of rotatable bonds is 5. The van der Waals surface area contributed by atoms with Crippen molar-refractivity contribution in [3.05, 3.63) is 59.7 Å². The molecular formula is C20H22N2O6. The number of nitrogens with zero attached hydrogens (tertiary/aromatic N) is 1. The Hall–Kier alpha value is -3.26. The smallest absolute Gasteiger partial charge is 0.410 e. The van der Waals surface area contributed by atoms with Crippen LogP contribution in [0.3, 0.4) is 0 Å². The van der Waals surface area contributed by atoms with Crippen LogP contribution < -0.4 is 5.32 Å². The Labute approximate surface area is 162 Å². The molecule has 1 atom stereocenters. The number of phenolic OH excluding ortho intramolecular Hbond substituents is 2. The average Bonchev–Trinajstić information content (AvgIpc) is 2.72. The van der Waals surface area contributed by atoms with Gasteiger partial charge in [0.2, 0.25) is 0 Å². The topological polar surface area (TPSA) is 108 Å². The summed E-state index contributed by atoms with van der Waals surface area (Å²) in [7, 11) is 0. The van der Waals surface area contributed by atoms with Gasteiger partial charge in [-0.1, -0.05) is 12.1 Å². The summed E-state index contributed by atoms with van der Waals surface area (Å²) in [4.78, 5) is 25.9. The van der Waals surface area contributed by atoms with Crippen molar-refractivity contribution in [2.75, 3.05) is 26.2 Å². The second-order valence-corrected chi connectivity index (χ2v) is 6.42. The van der Waals surface area contributed by atoms with Crippen molar-refractivity contribution in [1.82, 2.24) is 10.2 Å². The molecule has 2 amide bonds. The Bertz CT molecular complexity index is 806. The Morgan fingerprint density at radius 2 is 1.71 bits per heavy atom. The first-order valence-electron chi connectivity index (χ1n) is 8.90. The predicted molar refractivity (Wildman–Crippen MR) is 100 cm³/mol. The minimum atomic E-state index is -0.453. The first-order chi connectivity index (χ1) is 13.5. The number of nitrogens with one attached hydrogen (secondary N) is 1. The van der Waals surface area contributed by atoms with Gasteiger partial charge in [-0.05, 0) is 42.0 Å². The molecule has 148 valence electrons. The molecule has 8 nitrogen and oxygen atoms in total. The molecule has 0 saturated carbocycles. The quantitative estimate of drug-likeness (QED) is 0.724. The van der Waals surface area contributed by atoms with Crippen LogP contribution in [0.5, 0.6) is 11.5 Å². The summed E-state index contributed by atoms with van der Waals surface area (Å²) in [5.41, 5.74) is 1.20. The fourth-order valence-corrected chi connectivity index (χ4v) is 2.76. The number of ether oxygens (including phenoxy) is 2. The van der Waals surface area contributed by atoms with Crippen molar-refractivity contribution in [2.24, 2.45) is 0 Å². The van der Waals surface area contributed by atoms with Crippen molar-refractivity contribution in [3.63, 3.8) is 0 Å². The van der Waals surface area contributed by atoms with Crippen LogP contribution in [0.25, 0.3) is 0 Å². The van der Waals surface area contributed by atoms with Gasteiger partial charge < -0.3 is 29.9 Å². The van der Waals surface area contributed by atoms with E-state index in [0.29, 0.717) is 25.3 Å². The maximum Gasteiger partial charge on any atom is 0.410 e. The lowest BCUT2D eigenvalue weighted by molar-refractivity contribution is -0.0263. The molecule has 0 spiro atoms. The number of benzene rings is 2. The number of carbonyl (C=O) groups excluding carboxylic acids is 2. The number of carbonyl (C=O) groups is 2. The molecule has 1 heterocycles. The van der Waals surface area contributed by atoms with Gasteiger partial charge in [-0.3, -0.25) is 4.79 Å². The summed E-state index contributed by atoms with van der Waals surface area (Å²) >= 11 is 0. The van der Waals surface area contributed by atoms with Crippen LogP contribution in [0.2, 0.25) is 0 Å². The number of hydrogen-bond donors (Lipinski definition) is 3. The van der Waals surface area contributed by atoms with E-state index >= 15 is 0 Å². The molecule has 1 aliphatic rings. The van der Waals surface area contributed by atoms with E-state index in [0.717, 1.165) is 5.56 Å². The van der Waals surface area contributed by atoms with Gasteiger partial charge >= 0.3 is 6.09 Å². The number of morpholine rings is 1. The van der Waals surface area contributed by atoms with Crippen LogP contribution in [0.1, 0.15) is 15.9 Å². The summed E-state index contributed by atoms with van der Waals surface area (Å²) in [5, 5.41) is 21.3. The normalized spacial score (nSPS) is 16.4. The Balaban J connectivity index is 1.45.